The number of nitrogens with one attached hydrogen (secondary N) is 1. The van der Waals surface area contributed by atoms with Gasteiger partial charge >= 0.3 is 5.97 Å². The molecule has 1 N–H and O–H groups in total. The Labute approximate surface area is 186 Å². The van der Waals surface area contributed by atoms with Gasteiger partial charge in [-0.15, -0.1) is 0 Å². The molecule has 11 heteroatoms. The van der Waals surface area contributed by atoms with E-state index in [0.29, 0.717) is 16.4 Å². The van der Waals surface area contributed by atoms with E-state index >= 15 is 0 Å². The van der Waals surface area contributed by atoms with E-state index in [2.05, 4.69) is 10.4 Å². The van der Waals surface area contributed by atoms with Gasteiger partial charge in [0.25, 0.3) is 11.6 Å². The number of esters is 1. The maximum atomic E-state index is 12.5. The van der Waals surface area contributed by atoms with Crippen molar-refractivity contribution >= 4 is 34.9 Å². The average molecular weight is 457 g/mol. The number of carbonyl (C=O) groups excluding carboxylic acids is 2. The fourth-order valence-corrected chi connectivity index (χ4v) is 2.84. The molecule has 0 bridgehead atoms. The number of carbonyl (C=O) groups is 2. The van der Waals surface area contributed by atoms with Crippen molar-refractivity contribution in [3.63, 3.8) is 0 Å². The standard InChI is InChI=1S/C21H17ClN4O6/c1-12-11-18(27)19(24-25(12)16-7-3-14(22)4-8-16)21(29)32-13(2)20(28)23-15-5-9-17(10-6-15)26(30)31/h3-11,13H,1-2H3,(H,23,28). The minimum atomic E-state index is -1.26. The molecule has 3 aromatic rings. The maximum absolute atomic E-state index is 12.5. The van der Waals surface area contributed by atoms with Crippen molar-refractivity contribution in [3.05, 3.63) is 91.3 Å². The lowest BCUT2D eigenvalue weighted by Gasteiger charge is -2.14. The van der Waals surface area contributed by atoms with E-state index < -0.39 is 34.0 Å². The zero-order valence-corrected chi connectivity index (χ0v) is 17.7. The number of halogens is 1. The fraction of sp³-hybridized carbons (Fsp3) is 0.143. The lowest BCUT2D eigenvalue weighted by Crippen LogP contribution is -2.32. The largest absolute Gasteiger partial charge is 0.448 e. The Hall–Kier alpha value is -4.05. The monoisotopic (exact) mass is 456 g/mol. The van der Waals surface area contributed by atoms with Crippen molar-refractivity contribution in [1.29, 1.82) is 0 Å². The number of hydrogen-bond donors (Lipinski definition) is 1. The van der Waals surface area contributed by atoms with Crippen LogP contribution in [-0.2, 0) is 9.53 Å². The molecule has 0 saturated heterocycles. The molecule has 1 heterocycles. The molecule has 0 fully saturated rings. The van der Waals surface area contributed by atoms with Crippen molar-refractivity contribution in [3.8, 4) is 5.69 Å². The van der Waals surface area contributed by atoms with E-state index in [1.54, 1.807) is 31.2 Å². The van der Waals surface area contributed by atoms with Crippen LogP contribution in [0.4, 0.5) is 11.4 Å². The van der Waals surface area contributed by atoms with Crippen LogP contribution in [0.15, 0.2) is 59.4 Å². The Bertz CT molecular complexity index is 1240. The highest BCUT2D eigenvalue weighted by Gasteiger charge is 2.23. The van der Waals surface area contributed by atoms with Crippen LogP contribution >= 0.6 is 11.6 Å². The van der Waals surface area contributed by atoms with Crippen LogP contribution in [-0.4, -0.2) is 32.7 Å². The van der Waals surface area contributed by atoms with Crippen LogP contribution in [0.2, 0.25) is 5.02 Å². The molecule has 3 rings (SSSR count). The van der Waals surface area contributed by atoms with E-state index in [1.165, 1.54) is 41.9 Å². The second-order valence-corrected chi connectivity index (χ2v) is 7.16. The molecule has 1 aromatic heterocycles. The van der Waals surface area contributed by atoms with Crippen LogP contribution in [0.5, 0.6) is 0 Å². The van der Waals surface area contributed by atoms with Gasteiger partial charge in [0.15, 0.2) is 6.10 Å². The zero-order valence-electron chi connectivity index (χ0n) is 16.9. The van der Waals surface area contributed by atoms with Gasteiger partial charge in [0.1, 0.15) is 0 Å². The number of ether oxygens (including phenoxy) is 1. The molecular weight excluding hydrogens is 440 g/mol. The molecule has 0 saturated carbocycles. The summed E-state index contributed by atoms with van der Waals surface area (Å²) in [7, 11) is 0. The first-order valence-corrected chi connectivity index (χ1v) is 9.66. The Morgan fingerprint density at radius 3 is 2.38 bits per heavy atom. The normalized spacial score (nSPS) is 11.5. The van der Waals surface area contributed by atoms with Gasteiger partial charge in [-0.1, -0.05) is 11.6 Å². The van der Waals surface area contributed by atoms with Gasteiger partial charge in [-0.05, 0) is 50.2 Å². The van der Waals surface area contributed by atoms with Crippen molar-refractivity contribution < 1.29 is 19.2 Å². The summed E-state index contributed by atoms with van der Waals surface area (Å²) in [5.41, 5.74) is 0.0657. The van der Waals surface area contributed by atoms with Crippen molar-refractivity contribution in [2.75, 3.05) is 5.32 Å². The summed E-state index contributed by atoms with van der Waals surface area (Å²) in [5, 5.41) is 17.8. The molecule has 0 radical (unpaired) electrons. The first-order chi connectivity index (χ1) is 15.2. The maximum Gasteiger partial charge on any atom is 0.363 e. The summed E-state index contributed by atoms with van der Waals surface area (Å²) in [6.07, 6.45) is -1.26. The Morgan fingerprint density at radius 2 is 1.78 bits per heavy atom. The summed E-state index contributed by atoms with van der Waals surface area (Å²) >= 11 is 5.89. The summed E-state index contributed by atoms with van der Waals surface area (Å²) in [5.74, 6) is -1.75. The van der Waals surface area contributed by atoms with Crippen LogP contribution in [0.1, 0.15) is 23.1 Å². The van der Waals surface area contributed by atoms with Gasteiger partial charge in [-0.2, -0.15) is 5.10 Å². The number of nitrogens with zero attached hydrogens (tertiary/aromatic N) is 3. The number of aryl methyl sites for hydroxylation is 1. The number of anilines is 1. The average Bonchev–Trinajstić information content (AvgIpc) is 2.75. The number of non-ortho nitro benzene ring substituents is 1. The predicted octanol–water partition coefficient (Wildman–Crippen LogP) is 3.29. The summed E-state index contributed by atoms with van der Waals surface area (Å²) < 4.78 is 6.49. The molecule has 1 amide bonds. The van der Waals surface area contributed by atoms with Gasteiger partial charge in [-0.3, -0.25) is 19.7 Å². The van der Waals surface area contributed by atoms with Crippen LogP contribution in [0.25, 0.3) is 5.69 Å². The third kappa shape index (κ3) is 5.16. The van der Waals surface area contributed by atoms with E-state index in [1.807, 2.05) is 0 Å². The second-order valence-electron chi connectivity index (χ2n) is 6.73. The Morgan fingerprint density at radius 1 is 1.16 bits per heavy atom. The number of nitro groups is 1. The number of rotatable bonds is 6. The topological polar surface area (TPSA) is 133 Å². The highest BCUT2D eigenvalue weighted by Crippen LogP contribution is 2.16. The molecule has 10 nitrogen and oxygen atoms in total. The third-order valence-corrected chi connectivity index (χ3v) is 4.62. The minimum Gasteiger partial charge on any atom is -0.448 e. The number of benzene rings is 2. The molecule has 1 atom stereocenters. The van der Waals surface area contributed by atoms with E-state index in [0.717, 1.165) is 0 Å². The summed E-state index contributed by atoms with van der Waals surface area (Å²) in [6.45, 7) is 2.98. The fourth-order valence-electron chi connectivity index (χ4n) is 2.71. The number of nitro benzene ring substituents is 1. The number of aromatic nitrogens is 2. The van der Waals surface area contributed by atoms with Gasteiger partial charge in [-0.25, -0.2) is 9.48 Å². The Kier molecular flexibility index (Phi) is 6.64. The molecule has 0 aliphatic carbocycles. The lowest BCUT2D eigenvalue weighted by molar-refractivity contribution is -0.384. The molecule has 0 aliphatic heterocycles. The minimum absolute atomic E-state index is 0.134. The predicted molar refractivity (Wildman–Crippen MR) is 116 cm³/mol. The molecule has 164 valence electrons. The molecule has 2 aromatic carbocycles. The van der Waals surface area contributed by atoms with Gasteiger partial charge in [0.2, 0.25) is 11.1 Å². The van der Waals surface area contributed by atoms with Gasteiger partial charge in [0.05, 0.1) is 10.6 Å². The summed E-state index contributed by atoms with van der Waals surface area (Å²) in [6, 6.07) is 13.0. The van der Waals surface area contributed by atoms with Gasteiger partial charge in [0, 0.05) is 34.6 Å². The quantitative estimate of drug-likeness (QED) is 0.341. The highest BCUT2D eigenvalue weighted by atomic mass is 35.5. The SMILES string of the molecule is Cc1cc(=O)c(C(=O)OC(C)C(=O)Nc2ccc([N+](=O)[O-])cc2)nn1-c1ccc(Cl)cc1. The smallest absolute Gasteiger partial charge is 0.363 e. The van der Waals surface area contributed by atoms with Gasteiger partial charge < -0.3 is 10.1 Å². The van der Waals surface area contributed by atoms with Crippen molar-refractivity contribution in [1.82, 2.24) is 9.78 Å². The van der Waals surface area contributed by atoms with Crippen LogP contribution in [0, 0.1) is 17.0 Å². The lowest BCUT2D eigenvalue weighted by atomic mass is 10.2. The second kappa shape index (κ2) is 9.40. The Balaban J connectivity index is 1.75. The van der Waals surface area contributed by atoms with Crippen molar-refractivity contribution in [2.45, 2.75) is 20.0 Å². The molecule has 0 aliphatic rings. The highest BCUT2D eigenvalue weighted by molar-refractivity contribution is 6.30. The summed E-state index contributed by atoms with van der Waals surface area (Å²) in [4.78, 5) is 47.3. The van der Waals surface area contributed by atoms with Crippen LogP contribution in [0.3, 0.4) is 0 Å². The molecule has 32 heavy (non-hydrogen) atoms. The van der Waals surface area contributed by atoms with E-state index in [9.17, 15) is 24.5 Å². The van der Waals surface area contributed by atoms with E-state index in [-0.39, 0.29) is 11.4 Å². The molecular formula is C21H17ClN4O6. The van der Waals surface area contributed by atoms with Crippen LogP contribution < -0.4 is 10.7 Å². The van der Waals surface area contributed by atoms with E-state index in [4.69, 9.17) is 16.3 Å². The number of amides is 1. The molecule has 1 unspecified atom stereocenters. The first-order valence-electron chi connectivity index (χ1n) is 9.29. The zero-order chi connectivity index (χ0) is 23.4. The first kappa shape index (κ1) is 22.6. The number of hydrogen-bond acceptors (Lipinski definition) is 7. The third-order valence-electron chi connectivity index (χ3n) is 4.37. The van der Waals surface area contributed by atoms with Crippen molar-refractivity contribution in [2.24, 2.45) is 0 Å². The molecule has 0 spiro atoms.